The van der Waals surface area contributed by atoms with E-state index in [-0.39, 0.29) is 0 Å². The molecule has 0 spiro atoms. The quantitative estimate of drug-likeness (QED) is 0.828. The zero-order valence-electron chi connectivity index (χ0n) is 8.22. The van der Waals surface area contributed by atoms with Gasteiger partial charge in [0, 0.05) is 12.1 Å². The van der Waals surface area contributed by atoms with E-state index in [1.807, 2.05) is 18.2 Å². The summed E-state index contributed by atoms with van der Waals surface area (Å²) in [6, 6.07) is 6.34. The molecule has 1 aliphatic carbocycles. The first kappa shape index (κ1) is 9.66. The van der Waals surface area contributed by atoms with Gasteiger partial charge in [0.2, 0.25) is 0 Å². The lowest BCUT2D eigenvalue weighted by molar-refractivity contribution is 0.414. The van der Waals surface area contributed by atoms with Gasteiger partial charge in [-0.05, 0) is 31.4 Å². The number of ether oxygens (including phenoxy) is 1. The molecule has 0 saturated heterocycles. The number of hydrogen-bond acceptors (Lipinski definition) is 2. The van der Waals surface area contributed by atoms with E-state index in [1.165, 1.54) is 19.3 Å². The van der Waals surface area contributed by atoms with Crippen LogP contribution in [0.2, 0.25) is 5.02 Å². The third-order valence-electron chi connectivity index (χ3n) is 2.64. The van der Waals surface area contributed by atoms with Gasteiger partial charge >= 0.3 is 0 Å². The van der Waals surface area contributed by atoms with Gasteiger partial charge in [-0.2, -0.15) is 0 Å². The third kappa shape index (κ3) is 1.95. The van der Waals surface area contributed by atoms with Gasteiger partial charge in [0.25, 0.3) is 0 Å². The Bertz CT molecular complexity index is 323. The number of rotatable bonds is 3. The molecule has 0 atom stereocenters. The third-order valence-corrected chi connectivity index (χ3v) is 2.95. The van der Waals surface area contributed by atoms with Crippen molar-refractivity contribution in [2.75, 3.05) is 12.4 Å². The Morgan fingerprint density at radius 2 is 2.21 bits per heavy atom. The van der Waals surface area contributed by atoms with Crippen molar-refractivity contribution in [1.82, 2.24) is 0 Å². The van der Waals surface area contributed by atoms with Crippen molar-refractivity contribution in [3.05, 3.63) is 23.2 Å². The van der Waals surface area contributed by atoms with Crippen LogP contribution in [0, 0.1) is 0 Å². The van der Waals surface area contributed by atoms with Crippen LogP contribution in [0.1, 0.15) is 19.3 Å². The van der Waals surface area contributed by atoms with E-state index in [2.05, 4.69) is 5.32 Å². The summed E-state index contributed by atoms with van der Waals surface area (Å²) >= 11 is 6.09. The first-order valence-electron chi connectivity index (χ1n) is 4.89. The summed E-state index contributed by atoms with van der Waals surface area (Å²) in [5.41, 5.74) is 1.01. The van der Waals surface area contributed by atoms with Crippen LogP contribution in [-0.4, -0.2) is 13.2 Å². The zero-order chi connectivity index (χ0) is 9.97. The van der Waals surface area contributed by atoms with Crippen LogP contribution >= 0.6 is 11.6 Å². The van der Waals surface area contributed by atoms with E-state index < -0.39 is 0 Å². The summed E-state index contributed by atoms with van der Waals surface area (Å²) in [5, 5.41) is 4.14. The summed E-state index contributed by atoms with van der Waals surface area (Å²) < 4.78 is 5.08. The van der Waals surface area contributed by atoms with Gasteiger partial charge in [0.1, 0.15) is 5.75 Å². The molecule has 1 aliphatic rings. The Balaban J connectivity index is 2.09. The number of halogens is 1. The minimum absolute atomic E-state index is 0.612. The average molecular weight is 212 g/mol. The zero-order valence-corrected chi connectivity index (χ0v) is 8.97. The molecule has 2 nitrogen and oxygen atoms in total. The van der Waals surface area contributed by atoms with Crippen molar-refractivity contribution < 1.29 is 4.74 Å². The molecule has 1 aromatic rings. The molecule has 0 radical (unpaired) electrons. The van der Waals surface area contributed by atoms with Gasteiger partial charge in [-0.1, -0.05) is 11.6 Å². The predicted molar refractivity (Wildman–Crippen MR) is 59.3 cm³/mol. The topological polar surface area (TPSA) is 21.3 Å². The summed E-state index contributed by atoms with van der Waals surface area (Å²) in [4.78, 5) is 0. The summed E-state index contributed by atoms with van der Waals surface area (Å²) in [5.74, 6) is 0.800. The van der Waals surface area contributed by atoms with E-state index in [9.17, 15) is 0 Å². The normalized spacial score (nSPS) is 16.1. The van der Waals surface area contributed by atoms with E-state index in [0.29, 0.717) is 6.04 Å². The Hall–Kier alpha value is -0.890. The van der Waals surface area contributed by atoms with Gasteiger partial charge in [0.05, 0.1) is 17.8 Å². The molecule has 0 bridgehead atoms. The minimum Gasteiger partial charge on any atom is -0.497 e. The fourth-order valence-electron chi connectivity index (χ4n) is 1.51. The van der Waals surface area contributed by atoms with Crippen molar-refractivity contribution in [3.63, 3.8) is 0 Å². The summed E-state index contributed by atoms with van der Waals surface area (Å²) in [7, 11) is 1.64. The molecule has 1 N–H and O–H groups in total. The van der Waals surface area contributed by atoms with Crippen LogP contribution in [0.3, 0.4) is 0 Å². The number of benzene rings is 1. The minimum atomic E-state index is 0.612. The Morgan fingerprint density at radius 3 is 2.71 bits per heavy atom. The van der Waals surface area contributed by atoms with Crippen molar-refractivity contribution in [3.8, 4) is 5.75 Å². The number of anilines is 1. The van der Waals surface area contributed by atoms with Crippen LogP contribution in [0.5, 0.6) is 5.75 Å². The van der Waals surface area contributed by atoms with Crippen LogP contribution < -0.4 is 10.1 Å². The van der Waals surface area contributed by atoms with Gasteiger partial charge < -0.3 is 10.1 Å². The molecule has 76 valence electrons. The fourth-order valence-corrected chi connectivity index (χ4v) is 1.74. The lowest BCUT2D eigenvalue weighted by Crippen LogP contribution is -2.27. The second-order valence-electron chi connectivity index (χ2n) is 3.62. The van der Waals surface area contributed by atoms with Gasteiger partial charge in [-0.25, -0.2) is 0 Å². The molecule has 2 rings (SSSR count). The smallest absolute Gasteiger partial charge is 0.120 e. The summed E-state index contributed by atoms with van der Waals surface area (Å²) in [6.07, 6.45) is 3.83. The highest BCUT2D eigenvalue weighted by Crippen LogP contribution is 2.30. The van der Waals surface area contributed by atoms with E-state index >= 15 is 0 Å². The van der Waals surface area contributed by atoms with Crippen molar-refractivity contribution in [2.24, 2.45) is 0 Å². The number of methoxy groups -OCH3 is 1. The molecular weight excluding hydrogens is 198 g/mol. The first-order chi connectivity index (χ1) is 6.79. The molecule has 3 heteroatoms. The number of nitrogens with one attached hydrogen (secondary N) is 1. The lowest BCUT2D eigenvalue weighted by atomic mass is 9.93. The van der Waals surface area contributed by atoms with Gasteiger partial charge in [0.15, 0.2) is 0 Å². The van der Waals surface area contributed by atoms with Gasteiger partial charge in [-0.3, -0.25) is 0 Å². The SMILES string of the molecule is COc1ccc(NC2CCC2)c(Cl)c1. The fraction of sp³-hybridized carbons (Fsp3) is 0.455. The standard InChI is InChI=1S/C11H14ClNO/c1-14-9-5-6-11(10(12)7-9)13-8-3-2-4-8/h5-8,13H,2-4H2,1H3. The average Bonchev–Trinajstić information content (AvgIpc) is 2.13. The highest BCUT2D eigenvalue weighted by molar-refractivity contribution is 6.33. The van der Waals surface area contributed by atoms with Crippen molar-refractivity contribution >= 4 is 17.3 Å². The number of hydrogen-bond donors (Lipinski definition) is 1. The molecule has 1 saturated carbocycles. The van der Waals surface area contributed by atoms with Gasteiger partial charge in [-0.15, -0.1) is 0 Å². The van der Waals surface area contributed by atoms with Crippen LogP contribution in [-0.2, 0) is 0 Å². The van der Waals surface area contributed by atoms with Crippen molar-refractivity contribution in [1.29, 1.82) is 0 Å². The second-order valence-corrected chi connectivity index (χ2v) is 4.03. The predicted octanol–water partition coefficient (Wildman–Crippen LogP) is 3.31. The molecule has 0 aromatic heterocycles. The monoisotopic (exact) mass is 211 g/mol. The Morgan fingerprint density at radius 1 is 1.43 bits per heavy atom. The molecule has 0 amide bonds. The maximum atomic E-state index is 6.09. The van der Waals surface area contributed by atoms with Crippen molar-refractivity contribution in [2.45, 2.75) is 25.3 Å². The molecule has 1 fully saturated rings. The van der Waals surface area contributed by atoms with Crippen LogP contribution in [0.15, 0.2) is 18.2 Å². The molecule has 0 aliphatic heterocycles. The Kier molecular flexibility index (Phi) is 2.82. The molecule has 1 aromatic carbocycles. The highest BCUT2D eigenvalue weighted by atomic mass is 35.5. The summed E-state index contributed by atoms with van der Waals surface area (Å²) in [6.45, 7) is 0. The highest BCUT2D eigenvalue weighted by Gasteiger charge is 2.17. The molecule has 14 heavy (non-hydrogen) atoms. The van der Waals surface area contributed by atoms with Crippen LogP contribution in [0.25, 0.3) is 0 Å². The maximum absolute atomic E-state index is 6.09. The van der Waals surface area contributed by atoms with Crippen LogP contribution in [0.4, 0.5) is 5.69 Å². The molecular formula is C11H14ClNO. The Labute approximate surface area is 89.2 Å². The largest absolute Gasteiger partial charge is 0.497 e. The van der Waals surface area contributed by atoms with E-state index in [4.69, 9.17) is 16.3 Å². The molecule has 0 heterocycles. The second kappa shape index (κ2) is 4.09. The lowest BCUT2D eigenvalue weighted by Gasteiger charge is -2.28. The maximum Gasteiger partial charge on any atom is 0.120 e. The first-order valence-corrected chi connectivity index (χ1v) is 5.27. The van der Waals surface area contributed by atoms with E-state index in [0.717, 1.165) is 16.5 Å². The van der Waals surface area contributed by atoms with E-state index in [1.54, 1.807) is 7.11 Å². The molecule has 0 unspecified atom stereocenters.